The van der Waals surface area contributed by atoms with Gasteiger partial charge in [0, 0.05) is 13.3 Å². The number of furan rings is 1. The summed E-state index contributed by atoms with van der Waals surface area (Å²) in [6.45, 7) is 0.974. The number of hydrogen-bond donors (Lipinski definition) is 1. The van der Waals surface area contributed by atoms with Crippen molar-refractivity contribution in [3.63, 3.8) is 0 Å². The van der Waals surface area contributed by atoms with Crippen molar-refractivity contribution in [1.29, 1.82) is 0 Å². The maximum Gasteiger partial charge on any atom is 0.272 e. The van der Waals surface area contributed by atoms with Gasteiger partial charge in [0.25, 0.3) is 5.91 Å². The first kappa shape index (κ1) is 17.7. The van der Waals surface area contributed by atoms with Gasteiger partial charge < -0.3 is 9.15 Å². The lowest BCUT2D eigenvalue weighted by Gasteiger charge is -2.19. The molecule has 8 heteroatoms. The number of nitrogens with one attached hydrogen (secondary N) is 1. The van der Waals surface area contributed by atoms with Crippen molar-refractivity contribution in [2.75, 3.05) is 13.7 Å². The van der Waals surface area contributed by atoms with E-state index in [1.807, 2.05) is 24.3 Å². The lowest BCUT2D eigenvalue weighted by molar-refractivity contribution is -0.145. The largest absolute Gasteiger partial charge is 0.497 e. The Morgan fingerprint density at radius 1 is 1.31 bits per heavy atom. The zero-order chi connectivity index (χ0) is 18.5. The van der Waals surface area contributed by atoms with E-state index in [1.165, 1.54) is 11.9 Å². The van der Waals surface area contributed by atoms with Crippen LogP contribution in [0.3, 0.4) is 0 Å². The molecular weight excluding hydrogens is 338 g/mol. The molecule has 1 aromatic heterocycles. The Morgan fingerprint density at radius 2 is 2.08 bits per heavy atom. The Kier molecular flexibility index (Phi) is 5.33. The second kappa shape index (κ2) is 7.83. The zero-order valence-electron chi connectivity index (χ0n) is 14.5. The molecule has 0 saturated heterocycles. The van der Waals surface area contributed by atoms with E-state index in [4.69, 9.17) is 14.0 Å². The molecule has 0 spiro atoms. The molecule has 2 amide bonds. The standard InChI is InChI=1S/C18H19N3O5/c1-12(22)20-26-11-18(23)21-16(17-4-3-9-25-17)10-15(19-21)13-5-7-14(24-2)8-6-13/h3-9,16H,10-11H2,1-2H3,(H,20,22)/t16-/m0/s1. The molecule has 0 aliphatic carbocycles. The van der Waals surface area contributed by atoms with E-state index in [-0.39, 0.29) is 24.5 Å². The van der Waals surface area contributed by atoms with Crippen molar-refractivity contribution in [3.05, 3.63) is 54.0 Å². The predicted molar refractivity (Wildman–Crippen MR) is 92.2 cm³/mol. The first-order valence-electron chi connectivity index (χ1n) is 8.04. The number of ether oxygens (including phenoxy) is 1. The average Bonchev–Trinajstić information content (AvgIpc) is 3.31. The smallest absolute Gasteiger partial charge is 0.272 e. The Morgan fingerprint density at radius 3 is 2.69 bits per heavy atom. The van der Waals surface area contributed by atoms with Crippen LogP contribution in [-0.4, -0.2) is 36.3 Å². The quantitative estimate of drug-likeness (QED) is 0.799. The van der Waals surface area contributed by atoms with Crippen molar-refractivity contribution in [2.24, 2.45) is 5.10 Å². The summed E-state index contributed by atoms with van der Waals surface area (Å²) in [5, 5.41) is 5.79. The highest BCUT2D eigenvalue weighted by Gasteiger charge is 2.34. The predicted octanol–water partition coefficient (Wildman–Crippen LogP) is 2.03. The van der Waals surface area contributed by atoms with Gasteiger partial charge in [0.2, 0.25) is 5.91 Å². The molecule has 1 N–H and O–H groups in total. The summed E-state index contributed by atoms with van der Waals surface area (Å²) in [7, 11) is 1.60. The summed E-state index contributed by atoms with van der Waals surface area (Å²) in [5.74, 6) is 0.601. The molecule has 26 heavy (non-hydrogen) atoms. The minimum absolute atomic E-state index is 0.323. The first-order valence-corrected chi connectivity index (χ1v) is 8.04. The fourth-order valence-corrected chi connectivity index (χ4v) is 2.67. The van der Waals surface area contributed by atoms with Crippen molar-refractivity contribution in [3.8, 4) is 5.75 Å². The molecule has 1 aliphatic heterocycles. The van der Waals surface area contributed by atoms with Crippen molar-refractivity contribution in [2.45, 2.75) is 19.4 Å². The summed E-state index contributed by atoms with van der Waals surface area (Å²) >= 11 is 0. The molecule has 3 rings (SSSR count). The molecule has 8 nitrogen and oxygen atoms in total. The molecule has 1 aliphatic rings. The van der Waals surface area contributed by atoms with Gasteiger partial charge in [-0.25, -0.2) is 10.5 Å². The van der Waals surface area contributed by atoms with Crippen molar-refractivity contribution >= 4 is 17.5 Å². The summed E-state index contributed by atoms with van der Waals surface area (Å²) in [6.07, 6.45) is 2.06. The highest BCUT2D eigenvalue weighted by Crippen LogP contribution is 2.33. The number of benzene rings is 1. The molecule has 2 heterocycles. The molecule has 0 radical (unpaired) electrons. The number of amides is 2. The zero-order valence-corrected chi connectivity index (χ0v) is 14.5. The highest BCUT2D eigenvalue weighted by molar-refractivity contribution is 6.03. The fraction of sp³-hybridized carbons (Fsp3) is 0.278. The second-order valence-electron chi connectivity index (χ2n) is 5.70. The van der Waals surface area contributed by atoms with Crippen LogP contribution in [-0.2, 0) is 14.4 Å². The van der Waals surface area contributed by atoms with Crippen LogP contribution in [0.1, 0.15) is 30.7 Å². The number of methoxy groups -OCH3 is 1. The number of nitrogens with zero attached hydrogens (tertiary/aromatic N) is 2. The molecule has 1 atom stereocenters. The van der Waals surface area contributed by atoms with Gasteiger partial charge in [-0.05, 0) is 42.0 Å². The minimum atomic E-state index is -0.385. The number of hydroxylamine groups is 1. The number of hydrazone groups is 1. The highest BCUT2D eigenvalue weighted by atomic mass is 16.7. The Balaban J connectivity index is 1.80. The average molecular weight is 357 g/mol. The van der Waals surface area contributed by atoms with E-state index < -0.39 is 0 Å². The summed E-state index contributed by atoms with van der Waals surface area (Å²) < 4.78 is 10.6. The SMILES string of the molecule is COc1ccc(C2=NN(C(=O)CONC(C)=O)[C@H](c3ccco3)C2)cc1. The molecule has 0 saturated carbocycles. The van der Waals surface area contributed by atoms with Crippen LogP contribution in [0.25, 0.3) is 0 Å². The molecule has 1 aromatic carbocycles. The molecule has 0 unspecified atom stereocenters. The maximum absolute atomic E-state index is 12.5. The lowest BCUT2D eigenvalue weighted by Crippen LogP contribution is -2.33. The van der Waals surface area contributed by atoms with Crippen LogP contribution in [0.15, 0.2) is 52.2 Å². The normalized spacial score (nSPS) is 16.3. The monoisotopic (exact) mass is 357 g/mol. The Labute approximate surface area is 150 Å². The van der Waals surface area contributed by atoms with E-state index in [0.717, 1.165) is 17.0 Å². The van der Waals surface area contributed by atoms with Gasteiger partial charge in [0.05, 0.1) is 19.1 Å². The third-order valence-electron chi connectivity index (χ3n) is 3.87. The van der Waals surface area contributed by atoms with E-state index in [1.54, 1.807) is 25.5 Å². The fourth-order valence-electron chi connectivity index (χ4n) is 2.67. The van der Waals surface area contributed by atoms with Crippen molar-refractivity contribution in [1.82, 2.24) is 10.5 Å². The van der Waals surface area contributed by atoms with Gasteiger partial charge in [-0.3, -0.25) is 14.4 Å². The molecule has 2 aromatic rings. The van der Waals surface area contributed by atoms with E-state index in [2.05, 4.69) is 10.6 Å². The van der Waals surface area contributed by atoms with Crippen LogP contribution in [0.2, 0.25) is 0 Å². The third kappa shape index (κ3) is 3.92. The second-order valence-corrected chi connectivity index (χ2v) is 5.70. The summed E-state index contributed by atoms with van der Waals surface area (Å²) in [4.78, 5) is 28.3. The summed E-state index contributed by atoms with van der Waals surface area (Å²) in [6, 6.07) is 10.6. The van der Waals surface area contributed by atoms with Crippen LogP contribution in [0, 0.1) is 0 Å². The van der Waals surface area contributed by atoms with Crippen LogP contribution in [0.5, 0.6) is 5.75 Å². The van der Waals surface area contributed by atoms with Gasteiger partial charge in [0.15, 0.2) is 6.61 Å². The van der Waals surface area contributed by atoms with Gasteiger partial charge in [0.1, 0.15) is 17.6 Å². The first-order chi connectivity index (χ1) is 12.6. The molecule has 136 valence electrons. The summed E-state index contributed by atoms with van der Waals surface area (Å²) in [5.41, 5.74) is 3.77. The third-order valence-corrected chi connectivity index (χ3v) is 3.87. The van der Waals surface area contributed by atoms with Crippen LogP contribution < -0.4 is 10.2 Å². The van der Waals surface area contributed by atoms with E-state index in [0.29, 0.717) is 12.2 Å². The number of carbonyl (C=O) groups is 2. The van der Waals surface area contributed by atoms with Gasteiger partial charge in [-0.15, -0.1) is 0 Å². The number of carbonyl (C=O) groups excluding carboxylic acids is 2. The van der Waals surface area contributed by atoms with Gasteiger partial charge >= 0.3 is 0 Å². The van der Waals surface area contributed by atoms with Crippen molar-refractivity contribution < 1.29 is 23.6 Å². The Hall–Kier alpha value is -3.13. The number of rotatable bonds is 6. The lowest BCUT2D eigenvalue weighted by atomic mass is 10.0. The molecule has 0 bridgehead atoms. The van der Waals surface area contributed by atoms with Gasteiger partial charge in [-0.2, -0.15) is 5.10 Å². The number of hydrogen-bond acceptors (Lipinski definition) is 6. The molecular formula is C18H19N3O5. The van der Waals surface area contributed by atoms with Gasteiger partial charge in [-0.1, -0.05) is 0 Å². The minimum Gasteiger partial charge on any atom is -0.497 e. The van der Waals surface area contributed by atoms with E-state index in [9.17, 15) is 9.59 Å². The Bertz CT molecular complexity index is 799. The van der Waals surface area contributed by atoms with E-state index >= 15 is 0 Å². The maximum atomic E-state index is 12.5. The van der Waals surface area contributed by atoms with Crippen LogP contribution in [0.4, 0.5) is 0 Å². The van der Waals surface area contributed by atoms with Crippen LogP contribution >= 0.6 is 0 Å². The molecule has 0 fully saturated rings. The topological polar surface area (TPSA) is 93.4 Å².